The lowest BCUT2D eigenvalue weighted by atomic mass is 9.89. The van der Waals surface area contributed by atoms with Crippen molar-refractivity contribution in [3.05, 3.63) is 63.7 Å². The summed E-state index contributed by atoms with van der Waals surface area (Å²) < 4.78 is 5.92. The molecular weight excluding hydrogens is 358 g/mol. The van der Waals surface area contributed by atoms with Gasteiger partial charge in [0.15, 0.2) is 6.10 Å². The Balaban J connectivity index is 1.66. The highest BCUT2D eigenvalue weighted by Crippen LogP contribution is 2.25. The Labute approximate surface area is 167 Å². The fourth-order valence-electron chi connectivity index (χ4n) is 3.59. The highest BCUT2D eigenvalue weighted by molar-refractivity contribution is 6.31. The number of halogens is 1. The Hall–Kier alpha value is -2.00. The molecule has 1 amide bonds. The number of benzene rings is 2. The summed E-state index contributed by atoms with van der Waals surface area (Å²) in [6.45, 7) is 5.91. The molecule has 3 rings (SSSR count). The van der Waals surface area contributed by atoms with Crippen LogP contribution in [0.5, 0.6) is 5.75 Å². The molecule has 0 radical (unpaired) electrons. The van der Waals surface area contributed by atoms with E-state index in [4.69, 9.17) is 16.3 Å². The molecule has 27 heavy (non-hydrogen) atoms. The Morgan fingerprint density at radius 1 is 1.15 bits per heavy atom. The molecule has 144 valence electrons. The molecule has 2 atom stereocenters. The van der Waals surface area contributed by atoms with E-state index in [1.165, 1.54) is 30.4 Å². The molecule has 0 unspecified atom stereocenters. The van der Waals surface area contributed by atoms with Gasteiger partial charge < -0.3 is 10.1 Å². The Bertz CT molecular complexity index is 818. The average molecular weight is 386 g/mol. The molecule has 0 fully saturated rings. The lowest BCUT2D eigenvalue weighted by Crippen LogP contribution is -2.39. The molecule has 2 aromatic carbocycles. The maximum Gasteiger partial charge on any atom is 0.261 e. The van der Waals surface area contributed by atoms with Crippen molar-refractivity contribution in [2.45, 2.75) is 65.0 Å². The molecule has 1 aliphatic carbocycles. The zero-order valence-corrected chi connectivity index (χ0v) is 17.1. The molecule has 0 aliphatic heterocycles. The average Bonchev–Trinajstić information content (AvgIpc) is 2.68. The van der Waals surface area contributed by atoms with Crippen LogP contribution in [-0.2, 0) is 17.6 Å². The van der Waals surface area contributed by atoms with Gasteiger partial charge in [0.2, 0.25) is 0 Å². The number of carbonyl (C=O) groups excluding carboxylic acids is 1. The summed E-state index contributed by atoms with van der Waals surface area (Å²) in [6, 6.07) is 12.0. The first-order chi connectivity index (χ1) is 13.0. The van der Waals surface area contributed by atoms with E-state index in [0.717, 1.165) is 17.5 Å². The van der Waals surface area contributed by atoms with Crippen molar-refractivity contribution >= 4 is 17.5 Å². The van der Waals surface area contributed by atoms with E-state index in [1.54, 1.807) is 12.1 Å². The van der Waals surface area contributed by atoms with Crippen molar-refractivity contribution in [3.8, 4) is 5.75 Å². The molecule has 0 spiro atoms. The molecule has 0 bridgehead atoms. The number of aryl methyl sites for hydroxylation is 3. The van der Waals surface area contributed by atoms with Crippen molar-refractivity contribution in [3.63, 3.8) is 0 Å². The van der Waals surface area contributed by atoms with Crippen LogP contribution in [0.3, 0.4) is 0 Å². The minimum Gasteiger partial charge on any atom is -0.481 e. The quantitative estimate of drug-likeness (QED) is 0.706. The van der Waals surface area contributed by atoms with Crippen molar-refractivity contribution in [1.29, 1.82) is 0 Å². The molecule has 2 aromatic rings. The summed E-state index contributed by atoms with van der Waals surface area (Å²) in [5.74, 6) is 0.579. The third-order valence-electron chi connectivity index (χ3n) is 5.30. The van der Waals surface area contributed by atoms with Gasteiger partial charge in [0.1, 0.15) is 5.75 Å². The van der Waals surface area contributed by atoms with E-state index >= 15 is 0 Å². The molecule has 3 nitrogen and oxygen atoms in total. The van der Waals surface area contributed by atoms with Crippen LogP contribution in [0.1, 0.15) is 61.4 Å². The van der Waals surface area contributed by atoms with E-state index in [9.17, 15) is 4.79 Å². The van der Waals surface area contributed by atoms with Crippen molar-refractivity contribution in [2.75, 3.05) is 0 Å². The van der Waals surface area contributed by atoms with E-state index in [-0.39, 0.29) is 11.9 Å². The molecule has 0 saturated heterocycles. The van der Waals surface area contributed by atoms with E-state index in [2.05, 4.69) is 23.5 Å². The van der Waals surface area contributed by atoms with Gasteiger partial charge >= 0.3 is 0 Å². The van der Waals surface area contributed by atoms with E-state index in [0.29, 0.717) is 17.2 Å². The van der Waals surface area contributed by atoms with Crippen LogP contribution in [-0.4, -0.2) is 12.0 Å². The summed E-state index contributed by atoms with van der Waals surface area (Å²) in [4.78, 5) is 12.7. The summed E-state index contributed by atoms with van der Waals surface area (Å²) in [5.41, 5.74) is 4.98. The number of nitrogens with one attached hydrogen (secondary N) is 1. The highest BCUT2D eigenvalue weighted by Gasteiger charge is 2.21. The van der Waals surface area contributed by atoms with Gasteiger partial charge in [-0.05, 0) is 86.4 Å². The molecular formula is C23H28ClNO2. The van der Waals surface area contributed by atoms with Crippen molar-refractivity contribution in [2.24, 2.45) is 0 Å². The fourth-order valence-corrected chi connectivity index (χ4v) is 3.71. The molecule has 0 saturated carbocycles. The number of fused-ring (bicyclic) bond motifs is 1. The van der Waals surface area contributed by atoms with Gasteiger partial charge in [-0.1, -0.05) is 36.7 Å². The fraction of sp³-hybridized carbons (Fsp3) is 0.435. The van der Waals surface area contributed by atoms with Gasteiger partial charge in [0, 0.05) is 5.02 Å². The van der Waals surface area contributed by atoms with Gasteiger partial charge in [-0.3, -0.25) is 4.79 Å². The predicted molar refractivity (Wildman–Crippen MR) is 111 cm³/mol. The summed E-state index contributed by atoms with van der Waals surface area (Å²) in [6.07, 6.45) is 4.92. The first-order valence-electron chi connectivity index (χ1n) is 9.82. The van der Waals surface area contributed by atoms with E-state index in [1.807, 2.05) is 26.8 Å². The third kappa shape index (κ3) is 4.84. The van der Waals surface area contributed by atoms with Crippen LogP contribution in [0.15, 0.2) is 36.4 Å². The van der Waals surface area contributed by atoms with Crippen molar-refractivity contribution in [1.82, 2.24) is 5.32 Å². The zero-order chi connectivity index (χ0) is 19.4. The van der Waals surface area contributed by atoms with Gasteiger partial charge in [-0.25, -0.2) is 0 Å². The second kappa shape index (κ2) is 8.79. The first kappa shape index (κ1) is 19.8. The van der Waals surface area contributed by atoms with Crippen molar-refractivity contribution < 1.29 is 9.53 Å². The van der Waals surface area contributed by atoms with Gasteiger partial charge in [-0.15, -0.1) is 0 Å². The standard InChI is InChI=1S/C23H28ClNO2/c1-4-22(27-20-11-12-21(24)15(2)13-20)23(26)25-16(3)18-10-9-17-7-5-6-8-19(17)14-18/h9-14,16,22H,4-8H2,1-3H3,(H,25,26)/t16-,22-/m0/s1. The lowest BCUT2D eigenvalue weighted by Gasteiger charge is -2.23. The SMILES string of the molecule is CC[C@H](Oc1ccc(Cl)c(C)c1)C(=O)N[C@@H](C)c1ccc2c(c1)CCCC2. The Kier molecular flexibility index (Phi) is 6.43. The summed E-state index contributed by atoms with van der Waals surface area (Å²) >= 11 is 6.07. The number of hydrogen-bond donors (Lipinski definition) is 1. The summed E-state index contributed by atoms with van der Waals surface area (Å²) in [5, 5.41) is 3.81. The minimum atomic E-state index is -0.523. The largest absolute Gasteiger partial charge is 0.481 e. The predicted octanol–water partition coefficient (Wildman–Crippen LogP) is 5.56. The number of hydrogen-bond acceptors (Lipinski definition) is 2. The minimum absolute atomic E-state index is 0.0469. The second-order valence-electron chi connectivity index (χ2n) is 7.39. The molecule has 1 N–H and O–H groups in total. The monoisotopic (exact) mass is 385 g/mol. The smallest absolute Gasteiger partial charge is 0.261 e. The van der Waals surface area contributed by atoms with Crippen LogP contribution >= 0.6 is 11.6 Å². The van der Waals surface area contributed by atoms with E-state index < -0.39 is 6.10 Å². The van der Waals surface area contributed by atoms with Gasteiger partial charge in [-0.2, -0.15) is 0 Å². The zero-order valence-electron chi connectivity index (χ0n) is 16.3. The highest BCUT2D eigenvalue weighted by atomic mass is 35.5. The van der Waals surface area contributed by atoms with Crippen LogP contribution in [0, 0.1) is 6.92 Å². The summed E-state index contributed by atoms with van der Waals surface area (Å²) in [7, 11) is 0. The molecule has 0 aromatic heterocycles. The molecule has 1 aliphatic rings. The molecule has 4 heteroatoms. The van der Waals surface area contributed by atoms with Gasteiger partial charge in [0.05, 0.1) is 6.04 Å². The van der Waals surface area contributed by atoms with Crippen LogP contribution in [0.25, 0.3) is 0 Å². The number of rotatable bonds is 6. The number of carbonyl (C=O) groups is 1. The Morgan fingerprint density at radius 2 is 1.89 bits per heavy atom. The Morgan fingerprint density at radius 3 is 2.59 bits per heavy atom. The number of ether oxygens (including phenoxy) is 1. The number of amides is 1. The van der Waals surface area contributed by atoms with Crippen LogP contribution in [0.2, 0.25) is 5.02 Å². The maximum atomic E-state index is 12.7. The van der Waals surface area contributed by atoms with Gasteiger partial charge in [0.25, 0.3) is 5.91 Å². The maximum absolute atomic E-state index is 12.7. The van der Waals surface area contributed by atoms with Crippen LogP contribution < -0.4 is 10.1 Å². The normalized spacial score (nSPS) is 15.6. The first-order valence-corrected chi connectivity index (χ1v) is 10.2. The third-order valence-corrected chi connectivity index (χ3v) is 5.73. The molecule has 0 heterocycles. The lowest BCUT2D eigenvalue weighted by molar-refractivity contribution is -0.128. The second-order valence-corrected chi connectivity index (χ2v) is 7.80. The topological polar surface area (TPSA) is 38.3 Å². The van der Waals surface area contributed by atoms with Crippen LogP contribution in [0.4, 0.5) is 0 Å².